The molecule has 0 spiro atoms. The zero-order valence-electron chi connectivity index (χ0n) is 18.4. The molecule has 1 saturated carbocycles. The Balaban J connectivity index is 1.40. The highest BCUT2D eigenvalue weighted by atomic mass is 19.4. The van der Waals surface area contributed by atoms with E-state index in [0.717, 1.165) is 17.5 Å². The van der Waals surface area contributed by atoms with Gasteiger partial charge in [0.25, 0.3) is 5.56 Å². The molecule has 1 fully saturated rings. The molecule has 4 heterocycles. The zero-order valence-corrected chi connectivity index (χ0v) is 18.4. The molecule has 1 aromatic carbocycles. The molecular formula is C24H17F3N6O3. The Bertz CT molecular complexity index is 1740. The molecular weight excluding hydrogens is 477 g/mol. The Kier molecular flexibility index (Phi) is 4.92. The number of H-pyrrole nitrogens is 2. The van der Waals surface area contributed by atoms with Gasteiger partial charge in [0.2, 0.25) is 0 Å². The van der Waals surface area contributed by atoms with Crippen LogP contribution in [0, 0.1) is 0 Å². The number of hydrogen-bond acceptors (Lipinski definition) is 6. The summed E-state index contributed by atoms with van der Waals surface area (Å²) in [6, 6.07) is 8.78. The van der Waals surface area contributed by atoms with Crippen LogP contribution in [0.5, 0.6) is 5.75 Å². The highest BCUT2D eigenvalue weighted by Crippen LogP contribution is 2.56. The Morgan fingerprint density at radius 1 is 1.11 bits per heavy atom. The lowest BCUT2D eigenvalue weighted by atomic mass is 10.0. The van der Waals surface area contributed by atoms with E-state index < -0.39 is 24.0 Å². The molecule has 0 aliphatic heterocycles. The highest BCUT2D eigenvalue weighted by molar-refractivity contribution is 5.85. The monoisotopic (exact) mass is 494 g/mol. The van der Waals surface area contributed by atoms with Crippen LogP contribution in [-0.2, 0) is 0 Å². The van der Waals surface area contributed by atoms with Crippen LogP contribution in [0.1, 0.15) is 29.4 Å². The molecule has 12 heteroatoms. The third kappa shape index (κ3) is 4.00. The number of alkyl halides is 3. The largest absolute Gasteiger partial charge is 0.482 e. The number of benzene rings is 1. The van der Waals surface area contributed by atoms with E-state index in [-0.39, 0.29) is 23.1 Å². The summed E-state index contributed by atoms with van der Waals surface area (Å²) in [4.78, 5) is 37.0. The lowest BCUT2D eigenvalue weighted by Crippen LogP contribution is -2.23. The Morgan fingerprint density at radius 3 is 2.78 bits per heavy atom. The van der Waals surface area contributed by atoms with E-state index in [1.165, 1.54) is 12.4 Å². The average Bonchev–Trinajstić information content (AvgIpc) is 3.49. The molecule has 0 radical (unpaired) electrons. The number of halogens is 3. The second-order valence-electron chi connectivity index (χ2n) is 8.61. The van der Waals surface area contributed by atoms with E-state index >= 15 is 0 Å². The number of pyridine rings is 1. The van der Waals surface area contributed by atoms with E-state index in [2.05, 4.69) is 25.0 Å². The van der Waals surface area contributed by atoms with E-state index in [1.807, 2.05) is 6.07 Å². The highest BCUT2D eigenvalue weighted by Gasteiger charge is 2.42. The smallest absolute Gasteiger partial charge is 0.422 e. The summed E-state index contributed by atoms with van der Waals surface area (Å²) in [5, 5.41) is 5.12. The second-order valence-corrected chi connectivity index (χ2v) is 8.61. The van der Waals surface area contributed by atoms with Crippen LogP contribution in [-0.4, -0.2) is 42.3 Å². The van der Waals surface area contributed by atoms with Gasteiger partial charge >= 0.3 is 11.9 Å². The molecule has 0 bridgehead atoms. The molecule has 2 atom stereocenters. The molecule has 182 valence electrons. The van der Waals surface area contributed by atoms with Crippen LogP contribution >= 0.6 is 0 Å². The maximum absolute atomic E-state index is 12.8. The summed E-state index contributed by atoms with van der Waals surface area (Å²) in [7, 11) is 0. The predicted molar refractivity (Wildman–Crippen MR) is 123 cm³/mol. The van der Waals surface area contributed by atoms with Crippen LogP contribution in [0.4, 0.5) is 13.2 Å². The average molecular weight is 494 g/mol. The lowest BCUT2D eigenvalue weighted by molar-refractivity contribution is -0.153. The maximum atomic E-state index is 12.8. The van der Waals surface area contributed by atoms with Crippen molar-refractivity contribution in [1.29, 1.82) is 0 Å². The topological polar surface area (TPSA) is 118 Å². The van der Waals surface area contributed by atoms with Crippen LogP contribution in [0.3, 0.4) is 0 Å². The van der Waals surface area contributed by atoms with Crippen LogP contribution in [0.2, 0.25) is 0 Å². The standard InChI is InChI=1S/C24H17F3N6O3/c25-24(26,27)11-36-19-7-13(6-12-2-1-3-28-20(12)19)14-8-15(14)16-9-18(32-33-5-4-29-21(16)33)17-10-30-23(35)31-22(17)34/h1-7,9-10,14-15H,8,11H2,(H2,30,31,34,35)/t14-,15?/m1/s1. The lowest BCUT2D eigenvalue weighted by Gasteiger charge is -2.13. The minimum absolute atomic E-state index is 0.00698. The molecule has 2 N–H and O–H groups in total. The van der Waals surface area contributed by atoms with Crippen LogP contribution < -0.4 is 16.0 Å². The van der Waals surface area contributed by atoms with Crippen molar-refractivity contribution < 1.29 is 17.9 Å². The molecule has 1 aliphatic rings. The minimum Gasteiger partial charge on any atom is -0.482 e. The number of nitrogens with zero attached hydrogens (tertiary/aromatic N) is 4. The number of rotatable bonds is 5. The predicted octanol–water partition coefficient (Wildman–Crippen LogP) is 3.53. The number of imidazole rings is 1. The number of aromatic amines is 2. The second kappa shape index (κ2) is 8.04. The quantitative estimate of drug-likeness (QED) is 0.386. The van der Waals surface area contributed by atoms with Gasteiger partial charge in [0.1, 0.15) is 11.3 Å². The van der Waals surface area contributed by atoms with Gasteiger partial charge in [0.15, 0.2) is 12.3 Å². The molecule has 6 rings (SSSR count). The van der Waals surface area contributed by atoms with E-state index in [1.54, 1.807) is 41.2 Å². The van der Waals surface area contributed by atoms with Gasteiger partial charge in [-0.1, -0.05) is 6.07 Å². The first-order valence-electron chi connectivity index (χ1n) is 11.0. The van der Waals surface area contributed by atoms with Gasteiger partial charge in [-0.15, -0.1) is 0 Å². The van der Waals surface area contributed by atoms with Crippen LogP contribution in [0.25, 0.3) is 27.8 Å². The normalized spacial score (nSPS) is 17.5. The summed E-state index contributed by atoms with van der Waals surface area (Å²) in [5.74, 6) is 0.0581. The number of fused-ring (bicyclic) bond motifs is 2. The molecule has 0 amide bonds. The van der Waals surface area contributed by atoms with Gasteiger partial charge in [-0.05, 0) is 48.1 Å². The number of hydrogen-bond donors (Lipinski definition) is 2. The van der Waals surface area contributed by atoms with Crippen molar-refractivity contribution in [1.82, 2.24) is 29.5 Å². The first kappa shape index (κ1) is 22.0. The van der Waals surface area contributed by atoms with Gasteiger partial charge in [-0.2, -0.15) is 18.3 Å². The first-order valence-corrected chi connectivity index (χ1v) is 11.0. The van der Waals surface area contributed by atoms with Crippen molar-refractivity contribution in [2.75, 3.05) is 6.61 Å². The molecule has 0 saturated heterocycles. The van der Waals surface area contributed by atoms with E-state index in [0.29, 0.717) is 22.2 Å². The third-order valence-corrected chi connectivity index (χ3v) is 6.18. The molecule has 9 nitrogen and oxygen atoms in total. The number of ether oxygens (including phenoxy) is 1. The summed E-state index contributed by atoms with van der Waals surface area (Å²) < 4.78 is 45.2. The van der Waals surface area contributed by atoms with Gasteiger partial charge in [0, 0.05) is 35.7 Å². The summed E-state index contributed by atoms with van der Waals surface area (Å²) >= 11 is 0. The van der Waals surface area contributed by atoms with E-state index in [4.69, 9.17) is 4.74 Å². The number of aromatic nitrogens is 6. The van der Waals surface area contributed by atoms with Crippen molar-refractivity contribution in [3.8, 4) is 17.0 Å². The fourth-order valence-electron chi connectivity index (χ4n) is 4.52. The van der Waals surface area contributed by atoms with Crippen molar-refractivity contribution in [2.45, 2.75) is 24.4 Å². The first-order chi connectivity index (χ1) is 17.3. The van der Waals surface area contributed by atoms with Crippen molar-refractivity contribution in [3.05, 3.63) is 87.1 Å². The van der Waals surface area contributed by atoms with Crippen molar-refractivity contribution in [3.63, 3.8) is 0 Å². The minimum atomic E-state index is -4.47. The van der Waals surface area contributed by atoms with Crippen molar-refractivity contribution >= 4 is 16.6 Å². The van der Waals surface area contributed by atoms with Gasteiger partial charge in [-0.3, -0.25) is 14.8 Å². The molecule has 36 heavy (non-hydrogen) atoms. The molecule has 4 aromatic heterocycles. The third-order valence-electron chi connectivity index (χ3n) is 6.18. The molecule has 5 aromatic rings. The Hall–Kier alpha value is -4.48. The van der Waals surface area contributed by atoms with Crippen molar-refractivity contribution in [2.24, 2.45) is 0 Å². The SMILES string of the molecule is O=c1[nH]cc(-c2cc(C3C[C@@H]3c3cc(OCC(F)(F)F)c4ncccc4c3)c3nccn3n2)c(=O)[nH]1. The Labute approximate surface area is 199 Å². The maximum Gasteiger partial charge on any atom is 0.422 e. The van der Waals surface area contributed by atoms with Gasteiger partial charge < -0.3 is 9.72 Å². The van der Waals surface area contributed by atoms with Crippen LogP contribution in [0.15, 0.2) is 64.7 Å². The molecule has 1 aliphatic carbocycles. The molecule has 1 unspecified atom stereocenters. The summed E-state index contributed by atoms with van der Waals surface area (Å²) in [5.41, 5.74) is 2.00. The van der Waals surface area contributed by atoms with Gasteiger partial charge in [0.05, 0.1) is 11.3 Å². The van der Waals surface area contributed by atoms with E-state index in [9.17, 15) is 22.8 Å². The number of nitrogens with one attached hydrogen (secondary N) is 2. The summed E-state index contributed by atoms with van der Waals surface area (Å²) in [6.45, 7) is -1.41. The van der Waals surface area contributed by atoms with Gasteiger partial charge in [-0.25, -0.2) is 14.3 Å². The fourth-order valence-corrected chi connectivity index (χ4v) is 4.52. The Morgan fingerprint density at radius 2 is 1.97 bits per heavy atom. The summed E-state index contributed by atoms with van der Waals surface area (Å²) in [6.07, 6.45) is 2.31. The fraction of sp³-hybridized carbons (Fsp3) is 0.208. The zero-order chi connectivity index (χ0) is 25.0.